The predicted molar refractivity (Wildman–Crippen MR) is 92.1 cm³/mol. The van der Waals surface area contributed by atoms with Gasteiger partial charge in [0.05, 0.1) is 18.7 Å². The molecule has 1 N–H and O–H groups in total. The molecule has 0 radical (unpaired) electrons. The number of rotatable bonds is 5. The van der Waals surface area contributed by atoms with Crippen molar-refractivity contribution in [2.45, 2.75) is 25.3 Å². The molecule has 0 saturated carbocycles. The molecule has 3 rings (SSSR count). The first-order valence-electron chi connectivity index (χ1n) is 8.54. The molecule has 2 saturated heterocycles. The molecule has 2 aliphatic rings. The fraction of sp³-hybridized carbons (Fsp3) is 0.556. The van der Waals surface area contributed by atoms with Gasteiger partial charge in [0.15, 0.2) is 0 Å². The number of likely N-dealkylation sites (tertiary alicyclic amines) is 1. The van der Waals surface area contributed by atoms with Gasteiger partial charge in [0.1, 0.15) is 5.75 Å². The van der Waals surface area contributed by atoms with Crippen molar-refractivity contribution in [3.05, 3.63) is 24.3 Å². The lowest BCUT2D eigenvalue weighted by molar-refractivity contribution is -0.136. The number of amides is 2. The van der Waals surface area contributed by atoms with Crippen molar-refractivity contribution < 1.29 is 14.3 Å². The molecular weight excluding hydrogens is 306 g/mol. The Kier molecular flexibility index (Phi) is 5.04. The van der Waals surface area contributed by atoms with Crippen LogP contribution in [-0.4, -0.2) is 56.5 Å². The number of likely N-dealkylation sites (N-methyl/N-ethyl adjacent to an activating group) is 1. The predicted octanol–water partition coefficient (Wildman–Crippen LogP) is 1.26. The van der Waals surface area contributed by atoms with E-state index in [0.717, 1.165) is 31.6 Å². The normalized spacial score (nSPS) is 23.8. The molecule has 0 aliphatic carbocycles. The second-order valence-electron chi connectivity index (χ2n) is 6.46. The first-order chi connectivity index (χ1) is 11.7. The topological polar surface area (TPSA) is 61.9 Å². The zero-order chi connectivity index (χ0) is 17.1. The quantitative estimate of drug-likeness (QED) is 0.882. The number of hydrogen-bond donors (Lipinski definition) is 1. The van der Waals surface area contributed by atoms with Crippen LogP contribution in [0.2, 0.25) is 0 Å². The van der Waals surface area contributed by atoms with Crippen LogP contribution in [0.1, 0.15) is 19.3 Å². The van der Waals surface area contributed by atoms with Gasteiger partial charge in [0.2, 0.25) is 11.8 Å². The number of benzene rings is 1. The summed E-state index contributed by atoms with van der Waals surface area (Å²) in [4.78, 5) is 29.0. The maximum Gasteiger partial charge on any atom is 0.228 e. The molecule has 1 aromatic rings. The van der Waals surface area contributed by atoms with Crippen LogP contribution in [0.25, 0.3) is 0 Å². The Morgan fingerprint density at radius 1 is 1.38 bits per heavy atom. The van der Waals surface area contributed by atoms with Crippen molar-refractivity contribution in [3.8, 4) is 5.75 Å². The number of methoxy groups -OCH3 is 1. The van der Waals surface area contributed by atoms with Crippen molar-refractivity contribution in [1.82, 2.24) is 10.2 Å². The van der Waals surface area contributed by atoms with Crippen molar-refractivity contribution in [1.29, 1.82) is 0 Å². The van der Waals surface area contributed by atoms with Gasteiger partial charge in [0, 0.05) is 32.1 Å². The van der Waals surface area contributed by atoms with Gasteiger partial charge < -0.3 is 19.9 Å². The number of anilines is 1. The molecule has 2 unspecified atom stereocenters. The first-order valence-corrected chi connectivity index (χ1v) is 8.54. The standard InChI is InChI=1S/C18H25N3O3/c1-19-11-14-6-5-9-20(14)18(23)13-10-17(22)21(12-13)15-7-3-4-8-16(15)24-2/h3-4,7-8,13-14,19H,5-6,9-12H2,1-2H3. The Morgan fingerprint density at radius 3 is 2.92 bits per heavy atom. The number of carbonyl (C=O) groups is 2. The van der Waals surface area contributed by atoms with Crippen LogP contribution in [-0.2, 0) is 9.59 Å². The van der Waals surface area contributed by atoms with Crippen molar-refractivity contribution >= 4 is 17.5 Å². The number of nitrogens with zero attached hydrogens (tertiary/aromatic N) is 2. The van der Waals surface area contributed by atoms with Gasteiger partial charge in [-0.2, -0.15) is 0 Å². The lowest BCUT2D eigenvalue weighted by Crippen LogP contribution is -2.44. The number of ether oxygens (including phenoxy) is 1. The fourth-order valence-corrected chi connectivity index (χ4v) is 3.77. The Balaban J connectivity index is 1.73. The van der Waals surface area contributed by atoms with E-state index in [4.69, 9.17) is 4.74 Å². The average Bonchev–Trinajstić information content (AvgIpc) is 3.21. The van der Waals surface area contributed by atoms with Gasteiger partial charge in [0.25, 0.3) is 0 Å². The Hall–Kier alpha value is -2.08. The summed E-state index contributed by atoms with van der Waals surface area (Å²) >= 11 is 0. The molecule has 2 amide bonds. The Bertz CT molecular complexity index is 619. The molecule has 2 heterocycles. The molecule has 2 fully saturated rings. The van der Waals surface area contributed by atoms with Gasteiger partial charge in [-0.05, 0) is 32.0 Å². The van der Waals surface area contributed by atoms with Crippen molar-refractivity contribution in [2.75, 3.05) is 38.7 Å². The lowest BCUT2D eigenvalue weighted by Gasteiger charge is -2.27. The molecule has 2 atom stereocenters. The molecule has 2 aliphatic heterocycles. The lowest BCUT2D eigenvalue weighted by atomic mass is 10.1. The highest BCUT2D eigenvalue weighted by Crippen LogP contribution is 2.34. The maximum atomic E-state index is 12.9. The van der Waals surface area contributed by atoms with Crippen LogP contribution in [0.15, 0.2) is 24.3 Å². The van der Waals surface area contributed by atoms with E-state index in [1.807, 2.05) is 36.2 Å². The molecule has 0 bridgehead atoms. The smallest absolute Gasteiger partial charge is 0.228 e. The van der Waals surface area contributed by atoms with Gasteiger partial charge in [-0.3, -0.25) is 9.59 Å². The van der Waals surface area contributed by atoms with E-state index in [-0.39, 0.29) is 30.2 Å². The van der Waals surface area contributed by atoms with E-state index in [1.165, 1.54) is 0 Å². The summed E-state index contributed by atoms with van der Waals surface area (Å²) in [7, 11) is 3.50. The highest BCUT2D eigenvalue weighted by Gasteiger charge is 2.40. The second kappa shape index (κ2) is 7.21. The number of carbonyl (C=O) groups excluding carboxylic acids is 2. The van der Waals surface area contributed by atoms with E-state index in [2.05, 4.69) is 5.32 Å². The van der Waals surface area contributed by atoms with E-state index in [1.54, 1.807) is 12.0 Å². The van der Waals surface area contributed by atoms with Gasteiger partial charge in [-0.25, -0.2) is 0 Å². The number of para-hydroxylation sites is 2. The third-order valence-electron chi connectivity index (χ3n) is 4.95. The van der Waals surface area contributed by atoms with Gasteiger partial charge in [-0.15, -0.1) is 0 Å². The minimum atomic E-state index is -0.264. The molecular formula is C18H25N3O3. The molecule has 6 nitrogen and oxygen atoms in total. The summed E-state index contributed by atoms with van der Waals surface area (Å²) in [6.07, 6.45) is 2.35. The monoisotopic (exact) mass is 331 g/mol. The van der Waals surface area contributed by atoms with Crippen LogP contribution in [0.4, 0.5) is 5.69 Å². The van der Waals surface area contributed by atoms with E-state index >= 15 is 0 Å². The number of hydrogen-bond acceptors (Lipinski definition) is 4. The SMILES string of the molecule is CNCC1CCCN1C(=O)C1CC(=O)N(c2ccccc2OC)C1. The summed E-state index contributed by atoms with van der Waals surface area (Å²) in [5.41, 5.74) is 0.744. The highest BCUT2D eigenvalue weighted by molar-refractivity contribution is 6.01. The van der Waals surface area contributed by atoms with Crippen LogP contribution < -0.4 is 15.0 Å². The third-order valence-corrected chi connectivity index (χ3v) is 4.95. The molecule has 0 aromatic heterocycles. The maximum absolute atomic E-state index is 12.9. The number of nitrogens with one attached hydrogen (secondary N) is 1. The summed E-state index contributed by atoms with van der Waals surface area (Å²) < 4.78 is 5.35. The van der Waals surface area contributed by atoms with E-state index < -0.39 is 0 Å². The highest BCUT2D eigenvalue weighted by atomic mass is 16.5. The van der Waals surface area contributed by atoms with Gasteiger partial charge in [-0.1, -0.05) is 12.1 Å². The summed E-state index contributed by atoms with van der Waals surface area (Å²) in [5.74, 6) is 0.494. The molecule has 0 spiro atoms. The first kappa shape index (κ1) is 16.8. The van der Waals surface area contributed by atoms with Gasteiger partial charge >= 0.3 is 0 Å². The summed E-state index contributed by atoms with van der Waals surface area (Å²) in [6.45, 7) is 2.04. The summed E-state index contributed by atoms with van der Waals surface area (Å²) in [5, 5.41) is 3.16. The minimum Gasteiger partial charge on any atom is -0.495 e. The zero-order valence-corrected chi connectivity index (χ0v) is 14.3. The molecule has 24 heavy (non-hydrogen) atoms. The van der Waals surface area contributed by atoms with Crippen LogP contribution in [0, 0.1) is 5.92 Å². The van der Waals surface area contributed by atoms with Crippen molar-refractivity contribution in [2.24, 2.45) is 5.92 Å². The van der Waals surface area contributed by atoms with Crippen LogP contribution in [0.5, 0.6) is 5.75 Å². The molecule has 6 heteroatoms. The van der Waals surface area contributed by atoms with E-state index in [9.17, 15) is 9.59 Å². The fourth-order valence-electron chi connectivity index (χ4n) is 3.77. The molecule has 130 valence electrons. The minimum absolute atomic E-state index is 0.0118. The zero-order valence-electron chi connectivity index (χ0n) is 14.3. The third kappa shape index (κ3) is 3.11. The second-order valence-corrected chi connectivity index (χ2v) is 6.46. The average molecular weight is 331 g/mol. The van der Waals surface area contributed by atoms with Crippen LogP contribution >= 0.6 is 0 Å². The Morgan fingerprint density at radius 2 is 2.17 bits per heavy atom. The summed E-state index contributed by atoms with van der Waals surface area (Å²) in [6, 6.07) is 7.70. The Labute approximate surface area is 142 Å². The van der Waals surface area contributed by atoms with E-state index in [0.29, 0.717) is 12.3 Å². The largest absolute Gasteiger partial charge is 0.495 e. The van der Waals surface area contributed by atoms with Crippen molar-refractivity contribution in [3.63, 3.8) is 0 Å². The molecule has 1 aromatic carbocycles. The van der Waals surface area contributed by atoms with Crippen LogP contribution in [0.3, 0.4) is 0 Å².